The fourth-order valence-electron chi connectivity index (χ4n) is 1.74. The van der Waals surface area contributed by atoms with Crippen LogP contribution in [0, 0.1) is 11.6 Å². The molecule has 1 heterocycles. The van der Waals surface area contributed by atoms with Crippen LogP contribution in [0.1, 0.15) is 11.6 Å². The third kappa shape index (κ3) is 2.83. The molecule has 2 N–H and O–H groups in total. The van der Waals surface area contributed by atoms with Crippen LogP contribution < -0.4 is 10.6 Å². The molecular formula is C10H12Cl2F2N2. The summed E-state index contributed by atoms with van der Waals surface area (Å²) in [6, 6.07) is 1.95. The molecule has 0 saturated carbocycles. The van der Waals surface area contributed by atoms with Crippen molar-refractivity contribution in [1.82, 2.24) is 10.6 Å². The Morgan fingerprint density at radius 2 is 1.81 bits per heavy atom. The molecule has 0 spiro atoms. The van der Waals surface area contributed by atoms with E-state index in [4.69, 9.17) is 11.6 Å². The molecule has 0 radical (unpaired) electrons. The van der Waals surface area contributed by atoms with Crippen molar-refractivity contribution >= 4 is 24.0 Å². The maximum Gasteiger partial charge on any atom is 0.132 e. The lowest BCUT2D eigenvalue weighted by Gasteiger charge is -2.25. The summed E-state index contributed by atoms with van der Waals surface area (Å²) in [7, 11) is 0. The van der Waals surface area contributed by atoms with Crippen LogP contribution in [0.2, 0.25) is 5.02 Å². The van der Waals surface area contributed by atoms with Crippen molar-refractivity contribution in [1.29, 1.82) is 0 Å². The van der Waals surface area contributed by atoms with Gasteiger partial charge < -0.3 is 10.6 Å². The first-order chi connectivity index (χ1) is 7.18. The summed E-state index contributed by atoms with van der Waals surface area (Å²) in [4.78, 5) is 0. The average Bonchev–Trinajstić information content (AvgIpc) is 2.17. The van der Waals surface area contributed by atoms with E-state index in [9.17, 15) is 8.78 Å². The van der Waals surface area contributed by atoms with Crippen LogP contribution >= 0.6 is 24.0 Å². The van der Waals surface area contributed by atoms with E-state index in [0.29, 0.717) is 13.1 Å². The lowest BCUT2D eigenvalue weighted by molar-refractivity contribution is 0.401. The van der Waals surface area contributed by atoms with Gasteiger partial charge in [0.2, 0.25) is 0 Å². The largest absolute Gasteiger partial charge is 0.314 e. The van der Waals surface area contributed by atoms with Crippen molar-refractivity contribution < 1.29 is 8.78 Å². The highest BCUT2D eigenvalue weighted by molar-refractivity contribution is 6.30. The molecule has 0 aliphatic carbocycles. The topological polar surface area (TPSA) is 24.1 Å². The second kappa shape index (κ2) is 5.77. The number of piperazine rings is 1. The molecule has 1 aromatic rings. The van der Waals surface area contributed by atoms with E-state index >= 15 is 0 Å². The van der Waals surface area contributed by atoms with Gasteiger partial charge >= 0.3 is 0 Å². The minimum Gasteiger partial charge on any atom is -0.314 e. The van der Waals surface area contributed by atoms with Gasteiger partial charge in [0.1, 0.15) is 11.6 Å². The van der Waals surface area contributed by atoms with Crippen LogP contribution in [0.25, 0.3) is 0 Å². The standard InChI is InChI=1S/C10H11ClF2N2.ClH/c11-6-3-7(12)10(8(13)4-6)9-5-14-1-2-15-9;/h3-4,9,14-15H,1-2,5H2;1H/t9-;/m0./s1. The van der Waals surface area contributed by atoms with Crippen LogP contribution in [0.5, 0.6) is 0 Å². The molecule has 1 aliphatic heterocycles. The maximum absolute atomic E-state index is 13.5. The molecule has 0 amide bonds. The van der Waals surface area contributed by atoms with Gasteiger partial charge in [-0.2, -0.15) is 0 Å². The smallest absolute Gasteiger partial charge is 0.132 e. The van der Waals surface area contributed by atoms with Crippen LogP contribution in [-0.2, 0) is 0 Å². The van der Waals surface area contributed by atoms with Crippen LogP contribution in [0.4, 0.5) is 8.78 Å². The summed E-state index contributed by atoms with van der Waals surface area (Å²) in [6.07, 6.45) is 0. The highest BCUT2D eigenvalue weighted by atomic mass is 35.5. The molecule has 16 heavy (non-hydrogen) atoms. The van der Waals surface area contributed by atoms with Gasteiger partial charge in [0.15, 0.2) is 0 Å². The van der Waals surface area contributed by atoms with Crippen molar-refractivity contribution in [3.8, 4) is 0 Å². The first-order valence-corrected chi connectivity index (χ1v) is 5.15. The summed E-state index contributed by atoms with van der Waals surface area (Å²) < 4.78 is 27.0. The Kier molecular flexibility index (Phi) is 4.92. The van der Waals surface area contributed by atoms with Crippen LogP contribution in [-0.4, -0.2) is 19.6 Å². The SMILES string of the molecule is Cl.Fc1cc(Cl)cc(F)c1[C@@H]1CNCCN1. The third-order valence-electron chi connectivity index (χ3n) is 2.43. The maximum atomic E-state index is 13.5. The first-order valence-electron chi connectivity index (χ1n) is 4.77. The van der Waals surface area contributed by atoms with Gasteiger partial charge in [-0.1, -0.05) is 11.6 Å². The zero-order chi connectivity index (χ0) is 10.8. The van der Waals surface area contributed by atoms with Crippen molar-refractivity contribution in [3.63, 3.8) is 0 Å². The Bertz CT molecular complexity index is 345. The monoisotopic (exact) mass is 268 g/mol. The number of nitrogens with one attached hydrogen (secondary N) is 2. The zero-order valence-electron chi connectivity index (χ0n) is 8.40. The summed E-state index contributed by atoms with van der Waals surface area (Å²) in [6.45, 7) is 2.04. The van der Waals surface area contributed by atoms with Gasteiger partial charge in [-0.15, -0.1) is 12.4 Å². The molecule has 0 unspecified atom stereocenters. The van der Waals surface area contributed by atoms with Crippen LogP contribution in [0.3, 0.4) is 0 Å². The fourth-order valence-corrected chi connectivity index (χ4v) is 1.94. The molecule has 1 atom stereocenters. The Morgan fingerprint density at radius 1 is 1.19 bits per heavy atom. The van der Waals surface area contributed by atoms with E-state index in [2.05, 4.69) is 10.6 Å². The molecule has 2 nitrogen and oxygen atoms in total. The quantitative estimate of drug-likeness (QED) is 0.817. The van der Waals surface area contributed by atoms with E-state index in [1.54, 1.807) is 0 Å². The van der Waals surface area contributed by atoms with E-state index in [1.807, 2.05) is 0 Å². The highest BCUT2D eigenvalue weighted by Gasteiger charge is 2.22. The highest BCUT2D eigenvalue weighted by Crippen LogP contribution is 2.24. The summed E-state index contributed by atoms with van der Waals surface area (Å²) in [5.41, 5.74) is 0.0617. The average molecular weight is 269 g/mol. The second-order valence-corrected chi connectivity index (χ2v) is 3.93. The Balaban J connectivity index is 0.00000128. The predicted octanol–water partition coefficient (Wildman–Crippen LogP) is 2.27. The Labute approximate surface area is 104 Å². The lowest BCUT2D eigenvalue weighted by Crippen LogP contribution is -2.43. The number of rotatable bonds is 1. The van der Waals surface area contributed by atoms with Gasteiger partial charge in [-0.25, -0.2) is 8.78 Å². The molecule has 1 aromatic carbocycles. The minimum atomic E-state index is -0.596. The number of hydrogen-bond donors (Lipinski definition) is 2. The lowest BCUT2D eigenvalue weighted by atomic mass is 10.0. The Morgan fingerprint density at radius 3 is 2.31 bits per heavy atom. The van der Waals surface area contributed by atoms with E-state index < -0.39 is 11.6 Å². The van der Waals surface area contributed by atoms with E-state index in [1.165, 1.54) is 0 Å². The van der Waals surface area contributed by atoms with Crippen molar-refractivity contribution in [2.45, 2.75) is 6.04 Å². The molecule has 2 rings (SSSR count). The third-order valence-corrected chi connectivity index (χ3v) is 2.65. The number of benzene rings is 1. The fraction of sp³-hybridized carbons (Fsp3) is 0.400. The summed E-state index contributed by atoms with van der Waals surface area (Å²) in [5.74, 6) is -1.19. The molecule has 0 aromatic heterocycles. The van der Waals surface area contributed by atoms with Crippen molar-refractivity contribution in [3.05, 3.63) is 34.4 Å². The normalized spacial score (nSPS) is 20.3. The molecule has 1 aliphatic rings. The van der Waals surface area contributed by atoms with Gasteiger partial charge in [0.05, 0.1) is 6.04 Å². The number of halogens is 4. The van der Waals surface area contributed by atoms with Crippen molar-refractivity contribution in [2.75, 3.05) is 19.6 Å². The van der Waals surface area contributed by atoms with Crippen molar-refractivity contribution in [2.24, 2.45) is 0 Å². The van der Waals surface area contributed by atoms with Gasteiger partial charge in [-0.05, 0) is 12.1 Å². The Hall–Kier alpha value is -0.420. The summed E-state index contributed by atoms with van der Waals surface area (Å²) >= 11 is 5.55. The van der Waals surface area contributed by atoms with E-state index in [0.717, 1.165) is 18.7 Å². The molecule has 1 fully saturated rings. The van der Waals surface area contributed by atoms with Gasteiger partial charge in [0, 0.05) is 30.2 Å². The zero-order valence-corrected chi connectivity index (χ0v) is 9.97. The predicted molar refractivity (Wildman–Crippen MR) is 62.2 cm³/mol. The molecular weight excluding hydrogens is 257 g/mol. The van der Waals surface area contributed by atoms with Crippen LogP contribution in [0.15, 0.2) is 12.1 Å². The molecule has 90 valence electrons. The molecule has 6 heteroatoms. The van der Waals surface area contributed by atoms with E-state index in [-0.39, 0.29) is 29.0 Å². The summed E-state index contributed by atoms with van der Waals surface area (Å²) in [5, 5.41) is 6.21. The molecule has 0 bridgehead atoms. The van der Waals surface area contributed by atoms with Gasteiger partial charge in [-0.3, -0.25) is 0 Å². The molecule has 1 saturated heterocycles. The first kappa shape index (κ1) is 13.6. The second-order valence-electron chi connectivity index (χ2n) is 3.49. The number of hydrogen-bond acceptors (Lipinski definition) is 2. The van der Waals surface area contributed by atoms with Gasteiger partial charge in [0.25, 0.3) is 0 Å². The minimum absolute atomic E-state index is 0.